The molecule has 0 amide bonds. The molecule has 0 heterocycles. The molecule has 0 aliphatic heterocycles. The Morgan fingerprint density at radius 2 is 2.29 bits per heavy atom. The zero-order valence-electron chi connectivity index (χ0n) is 8.87. The molecule has 0 radical (unpaired) electrons. The van der Waals surface area contributed by atoms with E-state index in [1.54, 1.807) is 0 Å². The standard InChI is InChI=1S/C10H21NO3/c1-2-3-6-14-8-9(4-5-11)7-10(12)13/h9H,2-8,11H2,1H3,(H,12,13)/t9-/m0/s1. The molecule has 0 rings (SSSR count). The molecule has 0 aliphatic carbocycles. The number of hydrogen-bond donors (Lipinski definition) is 2. The van der Waals surface area contributed by atoms with Gasteiger partial charge < -0.3 is 15.6 Å². The molecular formula is C10H21NO3. The van der Waals surface area contributed by atoms with Gasteiger partial charge in [0.15, 0.2) is 0 Å². The summed E-state index contributed by atoms with van der Waals surface area (Å²) in [6, 6.07) is 0. The lowest BCUT2D eigenvalue weighted by Gasteiger charge is -2.13. The van der Waals surface area contributed by atoms with E-state index in [4.69, 9.17) is 15.6 Å². The third-order valence-corrected chi connectivity index (χ3v) is 2.03. The molecule has 1 atom stereocenters. The molecule has 0 spiro atoms. The maximum atomic E-state index is 10.5. The minimum atomic E-state index is -0.775. The topological polar surface area (TPSA) is 72.5 Å². The van der Waals surface area contributed by atoms with Crippen molar-refractivity contribution in [2.45, 2.75) is 32.6 Å². The van der Waals surface area contributed by atoms with Crippen LogP contribution in [0.3, 0.4) is 0 Å². The average molecular weight is 203 g/mol. The number of nitrogens with two attached hydrogens (primary N) is 1. The Hall–Kier alpha value is -0.610. The van der Waals surface area contributed by atoms with E-state index in [9.17, 15) is 4.79 Å². The van der Waals surface area contributed by atoms with Crippen LogP contribution in [-0.2, 0) is 9.53 Å². The van der Waals surface area contributed by atoms with Gasteiger partial charge in [-0.15, -0.1) is 0 Å². The van der Waals surface area contributed by atoms with Gasteiger partial charge >= 0.3 is 5.97 Å². The van der Waals surface area contributed by atoms with Crippen LogP contribution in [0.1, 0.15) is 32.6 Å². The van der Waals surface area contributed by atoms with E-state index in [0.29, 0.717) is 13.2 Å². The Balaban J connectivity index is 3.56. The van der Waals surface area contributed by atoms with Crippen LogP contribution >= 0.6 is 0 Å². The van der Waals surface area contributed by atoms with Crippen molar-refractivity contribution in [1.29, 1.82) is 0 Å². The molecule has 0 aliphatic rings. The zero-order valence-corrected chi connectivity index (χ0v) is 8.87. The van der Waals surface area contributed by atoms with Gasteiger partial charge in [0, 0.05) is 13.2 Å². The van der Waals surface area contributed by atoms with E-state index in [1.807, 2.05) is 0 Å². The SMILES string of the molecule is CCCCOC[C@@H](CCN)CC(=O)O. The van der Waals surface area contributed by atoms with Gasteiger partial charge in [-0.25, -0.2) is 0 Å². The molecule has 0 fully saturated rings. The van der Waals surface area contributed by atoms with Crippen molar-refractivity contribution < 1.29 is 14.6 Å². The van der Waals surface area contributed by atoms with E-state index in [2.05, 4.69) is 6.92 Å². The highest BCUT2D eigenvalue weighted by Gasteiger charge is 2.12. The van der Waals surface area contributed by atoms with E-state index in [-0.39, 0.29) is 12.3 Å². The normalized spacial score (nSPS) is 12.7. The van der Waals surface area contributed by atoms with Crippen LogP contribution < -0.4 is 5.73 Å². The largest absolute Gasteiger partial charge is 0.481 e. The summed E-state index contributed by atoms with van der Waals surface area (Å²) in [5, 5.41) is 8.62. The second-order valence-corrected chi connectivity index (χ2v) is 3.47. The van der Waals surface area contributed by atoms with Gasteiger partial charge in [-0.3, -0.25) is 4.79 Å². The van der Waals surface area contributed by atoms with Crippen LogP contribution in [0.2, 0.25) is 0 Å². The minimum absolute atomic E-state index is 0.0642. The maximum Gasteiger partial charge on any atom is 0.303 e. The second kappa shape index (κ2) is 8.97. The van der Waals surface area contributed by atoms with Crippen molar-refractivity contribution in [1.82, 2.24) is 0 Å². The quantitative estimate of drug-likeness (QED) is 0.553. The number of unbranched alkanes of at least 4 members (excludes halogenated alkanes) is 1. The third kappa shape index (κ3) is 8.01. The van der Waals surface area contributed by atoms with Crippen molar-refractivity contribution in [2.75, 3.05) is 19.8 Å². The first-order valence-electron chi connectivity index (χ1n) is 5.20. The number of rotatable bonds is 9. The van der Waals surface area contributed by atoms with Crippen LogP contribution in [0.15, 0.2) is 0 Å². The summed E-state index contributed by atoms with van der Waals surface area (Å²) >= 11 is 0. The Labute approximate surface area is 85.4 Å². The summed E-state index contributed by atoms with van der Waals surface area (Å²) in [5.74, 6) is -0.711. The molecule has 84 valence electrons. The second-order valence-electron chi connectivity index (χ2n) is 3.47. The van der Waals surface area contributed by atoms with Gasteiger partial charge in [0.05, 0.1) is 6.42 Å². The number of carbonyl (C=O) groups is 1. The predicted octanol–water partition coefficient (Wildman–Crippen LogP) is 1.24. The first kappa shape index (κ1) is 13.4. The van der Waals surface area contributed by atoms with Gasteiger partial charge in [0.25, 0.3) is 0 Å². The fourth-order valence-electron chi connectivity index (χ4n) is 1.22. The predicted molar refractivity (Wildman–Crippen MR) is 55.1 cm³/mol. The monoisotopic (exact) mass is 203 g/mol. The minimum Gasteiger partial charge on any atom is -0.481 e. The average Bonchev–Trinajstić information content (AvgIpc) is 2.12. The number of aliphatic carboxylic acids is 1. The van der Waals surface area contributed by atoms with Crippen LogP contribution in [0.25, 0.3) is 0 Å². The third-order valence-electron chi connectivity index (χ3n) is 2.03. The molecule has 0 bridgehead atoms. The fourth-order valence-corrected chi connectivity index (χ4v) is 1.22. The fraction of sp³-hybridized carbons (Fsp3) is 0.900. The van der Waals surface area contributed by atoms with E-state index >= 15 is 0 Å². The summed E-state index contributed by atoms with van der Waals surface area (Å²) < 4.78 is 5.37. The summed E-state index contributed by atoms with van der Waals surface area (Å²) in [5.41, 5.74) is 5.39. The number of carboxylic acid groups (broad SMARTS) is 1. The van der Waals surface area contributed by atoms with Crippen molar-refractivity contribution >= 4 is 5.97 Å². The summed E-state index contributed by atoms with van der Waals surface area (Å²) in [7, 11) is 0. The van der Waals surface area contributed by atoms with Crippen molar-refractivity contribution in [3.05, 3.63) is 0 Å². The van der Waals surface area contributed by atoms with E-state index in [0.717, 1.165) is 25.9 Å². The molecule has 0 saturated heterocycles. The zero-order chi connectivity index (χ0) is 10.8. The molecule has 4 heteroatoms. The first-order valence-corrected chi connectivity index (χ1v) is 5.20. The Kier molecular flexibility index (Phi) is 8.57. The van der Waals surface area contributed by atoms with E-state index < -0.39 is 5.97 Å². The van der Waals surface area contributed by atoms with Crippen LogP contribution in [0.5, 0.6) is 0 Å². The first-order chi connectivity index (χ1) is 6.70. The number of ether oxygens (including phenoxy) is 1. The lowest BCUT2D eigenvalue weighted by molar-refractivity contribution is -0.138. The molecule has 0 aromatic heterocycles. The van der Waals surface area contributed by atoms with Gasteiger partial charge in [0.2, 0.25) is 0 Å². The molecular weight excluding hydrogens is 182 g/mol. The summed E-state index contributed by atoms with van der Waals surface area (Å²) in [4.78, 5) is 10.5. The lowest BCUT2D eigenvalue weighted by Crippen LogP contribution is -2.18. The number of carboxylic acids is 1. The lowest BCUT2D eigenvalue weighted by atomic mass is 10.0. The van der Waals surface area contributed by atoms with Gasteiger partial charge in [-0.05, 0) is 25.3 Å². The smallest absolute Gasteiger partial charge is 0.303 e. The maximum absolute atomic E-state index is 10.5. The van der Waals surface area contributed by atoms with Crippen molar-refractivity contribution in [3.8, 4) is 0 Å². The van der Waals surface area contributed by atoms with Crippen LogP contribution in [-0.4, -0.2) is 30.8 Å². The Morgan fingerprint density at radius 3 is 2.79 bits per heavy atom. The molecule has 3 N–H and O–H groups in total. The van der Waals surface area contributed by atoms with E-state index in [1.165, 1.54) is 0 Å². The van der Waals surface area contributed by atoms with Gasteiger partial charge in [0.1, 0.15) is 0 Å². The molecule has 0 aromatic carbocycles. The molecule has 0 unspecified atom stereocenters. The van der Waals surface area contributed by atoms with Crippen LogP contribution in [0.4, 0.5) is 0 Å². The molecule has 14 heavy (non-hydrogen) atoms. The van der Waals surface area contributed by atoms with Gasteiger partial charge in [-0.2, -0.15) is 0 Å². The molecule has 4 nitrogen and oxygen atoms in total. The van der Waals surface area contributed by atoms with Crippen molar-refractivity contribution in [2.24, 2.45) is 11.7 Å². The summed E-state index contributed by atoms with van der Waals surface area (Å²) in [6.45, 7) is 3.85. The van der Waals surface area contributed by atoms with Crippen LogP contribution in [0, 0.1) is 5.92 Å². The summed E-state index contributed by atoms with van der Waals surface area (Å²) in [6.07, 6.45) is 3.00. The van der Waals surface area contributed by atoms with Gasteiger partial charge in [-0.1, -0.05) is 13.3 Å². The Morgan fingerprint density at radius 1 is 1.57 bits per heavy atom. The Bertz CT molecular complexity index is 150. The van der Waals surface area contributed by atoms with Crippen molar-refractivity contribution in [3.63, 3.8) is 0 Å². The molecule has 0 saturated carbocycles. The highest BCUT2D eigenvalue weighted by atomic mass is 16.5. The highest BCUT2D eigenvalue weighted by Crippen LogP contribution is 2.08. The highest BCUT2D eigenvalue weighted by molar-refractivity contribution is 5.67. The molecule has 0 aromatic rings. The number of hydrogen-bond acceptors (Lipinski definition) is 3.